The molecule has 166 valence electrons. The Balaban J connectivity index is 0.000000176. The van der Waals surface area contributed by atoms with Crippen LogP contribution in [0.2, 0.25) is 0 Å². The highest BCUT2D eigenvalue weighted by atomic mass is 32.2. The monoisotopic (exact) mass is 446 g/mol. The average Bonchev–Trinajstić information content (AvgIpc) is 3.29. The van der Waals surface area contributed by atoms with Crippen molar-refractivity contribution in [3.8, 4) is 0 Å². The van der Waals surface area contributed by atoms with Crippen LogP contribution in [0.25, 0.3) is 0 Å². The van der Waals surface area contributed by atoms with Gasteiger partial charge in [0.25, 0.3) is 5.91 Å². The van der Waals surface area contributed by atoms with E-state index in [0.29, 0.717) is 27.7 Å². The number of carboxylic acids is 1. The molecular weight excluding hydrogens is 420 g/mol. The van der Waals surface area contributed by atoms with Gasteiger partial charge in [0.1, 0.15) is 6.04 Å². The normalized spacial score (nSPS) is 18.3. The van der Waals surface area contributed by atoms with Crippen molar-refractivity contribution in [2.75, 3.05) is 41.1 Å². The molecule has 5 N–H and O–H groups in total. The molecule has 2 aliphatic heterocycles. The van der Waals surface area contributed by atoms with Crippen LogP contribution in [0.3, 0.4) is 0 Å². The van der Waals surface area contributed by atoms with Gasteiger partial charge < -0.3 is 31.6 Å². The Labute approximate surface area is 184 Å². The number of amides is 1. The van der Waals surface area contributed by atoms with Gasteiger partial charge in [-0.3, -0.25) is 4.79 Å². The van der Waals surface area contributed by atoms with Crippen molar-refractivity contribution in [1.82, 2.24) is 9.88 Å². The van der Waals surface area contributed by atoms with E-state index in [-0.39, 0.29) is 17.7 Å². The van der Waals surface area contributed by atoms with E-state index in [4.69, 9.17) is 16.6 Å². The fourth-order valence-corrected chi connectivity index (χ4v) is 4.54. The van der Waals surface area contributed by atoms with E-state index >= 15 is 0 Å². The number of piperidine rings is 1. The Kier molecular flexibility index (Phi) is 7.40. The highest BCUT2D eigenvalue weighted by molar-refractivity contribution is 7.99. The number of anilines is 3. The van der Waals surface area contributed by atoms with Crippen molar-refractivity contribution in [2.45, 2.75) is 25.3 Å². The Morgan fingerprint density at radius 3 is 2.45 bits per heavy atom. The molecule has 2 fully saturated rings. The number of rotatable bonds is 3. The van der Waals surface area contributed by atoms with Gasteiger partial charge in [0, 0.05) is 24.4 Å². The summed E-state index contributed by atoms with van der Waals surface area (Å²) in [6.07, 6.45) is 3.54. The van der Waals surface area contributed by atoms with E-state index in [1.54, 1.807) is 30.3 Å². The molecule has 10 nitrogen and oxygen atoms in total. The molecule has 0 saturated carbocycles. The molecule has 1 aromatic heterocycles. The number of aliphatic carboxylic acids is 1. The molecule has 1 amide bonds. The van der Waals surface area contributed by atoms with Crippen molar-refractivity contribution in [3.63, 3.8) is 0 Å². The van der Waals surface area contributed by atoms with Crippen molar-refractivity contribution in [1.29, 1.82) is 0 Å². The van der Waals surface area contributed by atoms with Crippen molar-refractivity contribution < 1.29 is 19.4 Å². The predicted molar refractivity (Wildman–Crippen MR) is 119 cm³/mol. The van der Waals surface area contributed by atoms with Gasteiger partial charge in [-0.2, -0.15) is 0 Å². The zero-order valence-electron chi connectivity index (χ0n) is 17.0. The third kappa shape index (κ3) is 5.48. The number of hydrogen-bond acceptors (Lipinski definition) is 8. The minimum Gasteiger partial charge on any atom is -0.754 e. The number of benzene rings is 1. The predicted octanol–water partition coefficient (Wildman–Crippen LogP) is 1.16. The van der Waals surface area contributed by atoms with Gasteiger partial charge in [-0.15, -0.1) is 11.8 Å². The molecule has 3 heterocycles. The average molecular weight is 447 g/mol. The van der Waals surface area contributed by atoms with Gasteiger partial charge in [0.15, 0.2) is 11.6 Å². The summed E-state index contributed by atoms with van der Waals surface area (Å²) >= 11 is 1.47. The minimum atomic E-state index is -0.936. The molecule has 2 saturated heterocycles. The van der Waals surface area contributed by atoms with Gasteiger partial charge in [0.05, 0.1) is 11.9 Å². The number of aromatic nitrogens is 2. The number of carbonyl (C=O) groups excluding carboxylic acids is 1. The van der Waals surface area contributed by atoms with E-state index < -0.39 is 12.0 Å². The van der Waals surface area contributed by atoms with Crippen LogP contribution in [0.1, 0.15) is 29.6 Å². The molecule has 0 spiro atoms. The summed E-state index contributed by atoms with van der Waals surface area (Å²) in [5.74, 6) is 0.487. The Bertz CT molecular complexity index is 900. The number of nitrogens with two attached hydrogens (primary N) is 2. The van der Waals surface area contributed by atoms with Crippen molar-refractivity contribution >= 4 is 41.2 Å². The second-order valence-corrected chi connectivity index (χ2v) is 8.23. The van der Waals surface area contributed by atoms with E-state index in [0.717, 1.165) is 25.9 Å². The number of thioether (sulfide) groups is 1. The third-order valence-electron chi connectivity index (χ3n) is 5.08. The van der Waals surface area contributed by atoms with E-state index in [2.05, 4.69) is 9.88 Å². The summed E-state index contributed by atoms with van der Waals surface area (Å²) in [7, 11) is 0. The van der Waals surface area contributed by atoms with Crippen LogP contribution >= 0.6 is 11.8 Å². The Morgan fingerprint density at radius 1 is 1.16 bits per heavy atom. The fraction of sp³-hybridized carbons (Fsp3) is 0.400. The first kappa shape index (κ1) is 22.5. The molecule has 0 radical (unpaired) electrons. The molecule has 31 heavy (non-hydrogen) atoms. The second-order valence-electron chi connectivity index (χ2n) is 7.23. The minimum absolute atomic E-state index is 0.0874. The molecule has 1 aromatic carbocycles. The first-order valence-electron chi connectivity index (χ1n) is 9.95. The third-order valence-corrected chi connectivity index (χ3v) is 6.09. The smallest absolute Gasteiger partial charge is 0.346 e. The number of nitrogen functional groups attached to an aromatic ring is 2. The zero-order valence-corrected chi connectivity index (χ0v) is 17.8. The lowest BCUT2D eigenvalue weighted by Gasteiger charge is -2.26. The van der Waals surface area contributed by atoms with Crippen LogP contribution in [-0.2, 0) is 4.79 Å². The largest absolute Gasteiger partial charge is 0.754 e. The first-order valence-corrected chi connectivity index (χ1v) is 11.1. The maximum absolute atomic E-state index is 12.0. The molecule has 0 bridgehead atoms. The van der Waals surface area contributed by atoms with E-state index in [1.807, 2.05) is 6.07 Å². The summed E-state index contributed by atoms with van der Waals surface area (Å²) in [5, 5.41) is 20.2. The summed E-state index contributed by atoms with van der Waals surface area (Å²) in [5.41, 5.74) is 11.5. The topological polar surface area (TPSA) is 153 Å². The van der Waals surface area contributed by atoms with Crippen molar-refractivity contribution in [2.24, 2.45) is 0 Å². The van der Waals surface area contributed by atoms with Crippen LogP contribution in [0.5, 0.6) is 0 Å². The lowest BCUT2D eigenvalue weighted by atomic mass is 10.1. The Morgan fingerprint density at radius 2 is 1.84 bits per heavy atom. The van der Waals surface area contributed by atoms with Crippen LogP contribution in [0, 0.1) is 5.21 Å². The first-order chi connectivity index (χ1) is 14.9. The molecular formula is C20H26N6O4S. The fourth-order valence-electron chi connectivity index (χ4n) is 3.40. The highest BCUT2D eigenvalue weighted by Gasteiger charge is 2.34. The summed E-state index contributed by atoms with van der Waals surface area (Å²) in [4.78, 5) is 30.5. The maximum atomic E-state index is 12.0. The van der Waals surface area contributed by atoms with Crippen LogP contribution in [0.15, 0.2) is 36.4 Å². The van der Waals surface area contributed by atoms with Crippen LogP contribution in [-0.4, -0.2) is 57.6 Å². The van der Waals surface area contributed by atoms with Crippen LogP contribution < -0.4 is 21.1 Å². The number of carbonyl (C=O) groups is 2. The van der Waals surface area contributed by atoms with Crippen LogP contribution in [0.4, 0.5) is 17.6 Å². The standard InChI is InChI=1S/C11H11NO3S.C9H15N5O/c13-10(8-4-2-1-3-5-8)12-7-16-6-9(12)11(14)15;10-7-6-8(12-9(11)14(7)15)13-4-2-1-3-5-13/h1-5,9H,6-7H2,(H,14,15);6H,1-5,10H2,(H2,11,12). The molecule has 2 aromatic rings. The van der Waals surface area contributed by atoms with Gasteiger partial charge >= 0.3 is 11.9 Å². The van der Waals surface area contributed by atoms with E-state index in [1.165, 1.54) is 23.1 Å². The number of hydrogen-bond donors (Lipinski definition) is 3. The van der Waals surface area contributed by atoms with E-state index in [9.17, 15) is 14.8 Å². The second kappa shape index (κ2) is 10.2. The lowest BCUT2D eigenvalue weighted by Crippen LogP contribution is -2.41. The molecule has 2 aliphatic rings. The molecule has 11 heteroatoms. The molecule has 0 aliphatic carbocycles. The SMILES string of the molecule is Nc1cc(N2CCCCC2)nc(N)[n+]1[O-].O=C(O)C1CSCN1C(=O)c1ccccc1. The number of nitrogens with zero attached hydrogens (tertiary/aromatic N) is 4. The number of carboxylic acid groups (broad SMARTS) is 1. The highest BCUT2D eigenvalue weighted by Crippen LogP contribution is 2.23. The molecule has 4 rings (SSSR count). The zero-order chi connectivity index (χ0) is 22.4. The van der Waals surface area contributed by atoms with Gasteiger partial charge in [-0.05, 0) is 31.4 Å². The summed E-state index contributed by atoms with van der Waals surface area (Å²) in [6.45, 7) is 1.91. The summed E-state index contributed by atoms with van der Waals surface area (Å²) < 4.78 is 0.438. The summed E-state index contributed by atoms with van der Waals surface area (Å²) in [6, 6.07) is 9.64. The van der Waals surface area contributed by atoms with Crippen molar-refractivity contribution in [3.05, 3.63) is 47.2 Å². The van der Waals surface area contributed by atoms with Gasteiger partial charge in [-0.1, -0.05) is 23.2 Å². The lowest BCUT2D eigenvalue weighted by molar-refractivity contribution is -0.576. The Hall–Kier alpha value is -3.21. The quantitative estimate of drug-likeness (QED) is 0.465. The maximum Gasteiger partial charge on any atom is 0.346 e. The van der Waals surface area contributed by atoms with Gasteiger partial charge in [-0.25, -0.2) is 9.52 Å². The van der Waals surface area contributed by atoms with Gasteiger partial charge in [0.2, 0.25) is 0 Å². The molecule has 1 atom stereocenters. The molecule has 1 unspecified atom stereocenters.